The molecule has 3 N–H and O–H groups in total. The smallest absolute Gasteiger partial charge is 0.281 e. The lowest BCUT2D eigenvalue weighted by molar-refractivity contribution is -0.384. The minimum absolute atomic E-state index is 0.106. The molecule has 10 heteroatoms. The molecule has 0 atom stereocenters. The number of nitro groups is 1. The molecule has 0 aliphatic rings. The van der Waals surface area contributed by atoms with Crippen LogP contribution >= 0.6 is 0 Å². The minimum Gasteiger partial charge on any atom is -0.495 e. The van der Waals surface area contributed by atoms with Gasteiger partial charge in [-0.3, -0.25) is 14.9 Å². The van der Waals surface area contributed by atoms with Gasteiger partial charge in [-0.1, -0.05) is 0 Å². The van der Waals surface area contributed by atoms with Gasteiger partial charge >= 0.3 is 0 Å². The topological polar surface area (TPSA) is 146 Å². The summed E-state index contributed by atoms with van der Waals surface area (Å²) in [5.74, 6) is -0.659. The number of hydrogen-bond donors (Lipinski definition) is 2. The second kappa shape index (κ2) is 5.22. The number of nitrogen functional groups attached to an aromatic ring is 1. The highest BCUT2D eigenvalue weighted by atomic mass is 16.6. The van der Waals surface area contributed by atoms with E-state index in [-0.39, 0.29) is 28.6 Å². The molecule has 2 aromatic rings. The Labute approximate surface area is 111 Å². The van der Waals surface area contributed by atoms with Gasteiger partial charge in [-0.2, -0.15) is 0 Å². The molecule has 104 valence electrons. The van der Waals surface area contributed by atoms with E-state index in [1.54, 1.807) is 0 Å². The van der Waals surface area contributed by atoms with Gasteiger partial charge in [0, 0.05) is 12.1 Å². The van der Waals surface area contributed by atoms with Crippen LogP contribution in [0.1, 0.15) is 10.5 Å². The average molecular weight is 279 g/mol. The predicted octanol–water partition coefficient (Wildman–Crippen LogP) is 0.821. The van der Waals surface area contributed by atoms with Crippen LogP contribution in [0.4, 0.5) is 17.2 Å². The minimum atomic E-state index is -0.720. The molecule has 0 radical (unpaired) electrons. The second-order valence-corrected chi connectivity index (χ2v) is 3.59. The maximum absolute atomic E-state index is 11.9. The molecule has 0 unspecified atom stereocenters. The Balaban J connectivity index is 2.32. The molecule has 0 bridgehead atoms. The molecular weight excluding hydrogens is 270 g/mol. The van der Waals surface area contributed by atoms with Crippen molar-refractivity contribution < 1.29 is 19.1 Å². The molecule has 1 heterocycles. The van der Waals surface area contributed by atoms with Gasteiger partial charge in [-0.15, -0.1) is 0 Å². The van der Waals surface area contributed by atoms with Gasteiger partial charge in [0.15, 0.2) is 0 Å². The number of benzene rings is 1. The first kappa shape index (κ1) is 13.3. The van der Waals surface area contributed by atoms with Crippen LogP contribution in [0.2, 0.25) is 0 Å². The highest BCUT2D eigenvalue weighted by molar-refractivity contribution is 6.06. The normalized spacial score (nSPS) is 10.1. The Morgan fingerprint density at radius 2 is 2.25 bits per heavy atom. The highest BCUT2D eigenvalue weighted by Gasteiger charge is 2.19. The number of carbonyl (C=O) groups is 1. The van der Waals surface area contributed by atoms with E-state index in [0.29, 0.717) is 0 Å². The first-order valence-corrected chi connectivity index (χ1v) is 5.24. The summed E-state index contributed by atoms with van der Waals surface area (Å²) in [7, 11) is 1.36. The Hall–Kier alpha value is -3.17. The predicted molar refractivity (Wildman–Crippen MR) is 66.3 cm³/mol. The van der Waals surface area contributed by atoms with Crippen molar-refractivity contribution in [1.29, 1.82) is 0 Å². The third-order valence-electron chi connectivity index (χ3n) is 2.37. The molecule has 0 aliphatic heterocycles. The van der Waals surface area contributed by atoms with E-state index in [4.69, 9.17) is 10.5 Å². The van der Waals surface area contributed by atoms with Gasteiger partial charge < -0.3 is 15.8 Å². The average Bonchev–Trinajstić information content (AvgIpc) is 2.84. The van der Waals surface area contributed by atoms with Gasteiger partial charge in [0.2, 0.25) is 11.5 Å². The van der Waals surface area contributed by atoms with Crippen LogP contribution < -0.4 is 15.8 Å². The summed E-state index contributed by atoms with van der Waals surface area (Å²) in [5.41, 5.74) is 5.06. The molecule has 1 amide bonds. The number of nitrogens with one attached hydrogen (secondary N) is 1. The number of methoxy groups -OCH3 is 1. The summed E-state index contributed by atoms with van der Waals surface area (Å²) >= 11 is 0. The molecule has 1 aromatic carbocycles. The van der Waals surface area contributed by atoms with Crippen molar-refractivity contribution in [2.24, 2.45) is 0 Å². The molecular formula is C10H9N5O5. The number of rotatable bonds is 4. The number of non-ortho nitro benzene ring substituents is 1. The van der Waals surface area contributed by atoms with Crippen molar-refractivity contribution in [2.75, 3.05) is 18.2 Å². The monoisotopic (exact) mass is 279 g/mol. The fourth-order valence-corrected chi connectivity index (χ4v) is 1.44. The third-order valence-corrected chi connectivity index (χ3v) is 2.37. The molecule has 0 saturated heterocycles. The highest BCUT2D eigenvalue weighted by Crippen LogP contribution is 2.29. The first-order valence-electron chi connectivity index (χ1n) is 5.24. The summed E-state index contributed by atoms with van der Waals surface area (Å²) in [4.78, 5) is 22.0. The van der Waals surface area contributed by atoms with Crippen LogP contribution in [0, 0.1) is 10.1 Å². The van der Waals surface area contributed by atoms with Crippen LogP contribution in [0.5, 0.6) is 5.75 Å². The van der Waals surface area contributed by atoms with Gasteiger partial charge in [0.05, 0.1) is 17.7 Å². The number of nitrogens with zero attached hydrogens (tertiary/aromatic N) is 3. The van der Waals surface area contributed by atoms with Crippen LogP contribution in [-0.2, 0) is 0 Å². The van der Waals surface area contributed by atoms with Crippen LogP contribution in [0.3, 0.4) is 0 Å². The number of amides is 1. The molecule has 2 rings (SSSR count). The van der Waals surface area contributed by atoms with Crippen molar-refractivity contribution in [2.45, 2.75) is 0 Å². The summed E-state index contributed by atoms with van der Waals surface area (Å²) in [5, 5.41) is 19.7. The Bertz CT molecular complexity index is 668. The third kappa shape index (κ3) is 2.48. The fourth-order valence-electron chi connectivity index (χ4n) is 1.44. The second-order valence-electron chi connectivity index (χ2n) is 3.59. The van der Waals surface area contributed by atoms with Gasteiger partial charge in [-0.25, -0.2) is 4.63 Å². The Morgan fingerprint density at radius 1 is 1.50 bits per heavy atom. The zero-order valence-electron chi connectivity index (χ0n) is 10.2. The standard InChI is InChI=1S/C10H9N5O5/c1-19-7-3-2-5(15(17)18)4-6(7)12-10(16)8-9(11)14-20-13-8/h2-4H,1H3,(H2,11,14)(H,12,16). The van der Waals surface area contributed by atoms with E-state index in [0.717, 1.165) is 6.07 Å². The van der Waals surface area contributed by atoms with Gasteiger partial charge in [0.25, 0.3) is 11.6 Å². The zero-order chi connectivity index (χ0) is 14.7. The summed E-state index contributed by atoms with van der Waals surface area (Å²) in [6, 6.07) is 3.76. The molecule has 10 nitrogen and oxygen atoms in total. The summed E-state index contributed by atoms with van der Waals surface area (Å²) in [6.45, 7) is 0. The quantitative estimate of drug-likeness (QED) is 0.617. The van der Waals surface area contributed by atoms with Crippen molar-refractivity contribution in [3.63, 3.8) is 0 Å². The molecule has 0 aliphatic carbocycles. The maximum atomic E-state index is 11.9. The molecule has 1 aromatic heterocycles. The molecule has 0 saturated carbocycles. The largest absolute Gasteiger partial charge is 0.495 e. The maximum Gasteiger partial charge on any atom is 0.281 e. The molecule has 0 fully saturated rings. The van der Waals surface area contributed by atoms with E-state index in [1.165, 1.54) is 19.2 Å². The van der Waals surface area contributed by atoms with E-state index in [2.05, 4.69) is 20.3 Å². The van der Waals surface area contributed by atoms with Crippen LogP contribution in [0.25, 0.3) is 0 Å². The van der Waals surface area contributed by atoms with Crippen molar-refractivity contribution in [1.82, 2.24) is 10.3 Å². The van der Waals surface area contributed by atoms with Crippen molar-refractivity contribution >= 4 is 23.1 Å². The number of anilines is 2. The SMILES string of the molecule is COc1ccc([N+](=O)[O-])cc1NC(=O)c1nonc1N. The van der Waals surface area contributed by atoms with Gasteiger partial charge in [0.1, 0.15) is 5.75 Å². The van der Waals surface area contributed by atoms with Crippen LogP contribution in [0.15, 0.2) is 22.8 Å². The lowest BCUT2D eigenvalue weighted by Gasteiger charge is -2.08. The van der Waals surface area contributed by atoms with Crippen molar-refractivity contribution in [3.05, 3.63) is 34.0 Å². The first-order chi connectivity index (χ1) is 9.52. The summed E-state index contributed by atoms with van der Waals surface area (Å²) < 4.78 is 9.30. The number of hydrogen-bond acceptors (Lipinski definition) is 8. The lowest BCUT2D eigenvalue weighted by atomic mass is 10.2. The molecule has 0 spiro atoms. The number of nitrogens with two attached hydrogens (primary N) is 1. The zero-order valence-corrected chi connectivity index (χ0v) is 10.2. The Morgan fingerprint density at radius 3 is 2.80 bits per heavy atom. The van der Waals surface area contributed by atoms with Crippen molar-refractivity contribution in [3.8, 4) is 5.75 Å². The van der Waals surface area contributed by atoms with Gasteiger partial charge in [-0.05, 0) is 16.4 Å². The number of carbonyl (C=O) groups excluding carboxylic acids is 1. The van der Waals surface area contributed by atoms with Crippen LogP contribution in [-0.4, -0.2) is 28.3 Å². The lowest BCUT2D eigenvalue weighted by Crippen LogP contribution is -2.15. The molecule has 20 heavy (non-hydrogen) atoms. The Kier molecular flexibility index (Phi) is 3.46. The summed E-state index contributed by atoms with van der Waals surface area (Å²) in [6.07, 6.45) is 0. The number of nitro benzene ring substituents is 1. The number of aromatic nitrogens is 2. The van der Waals surface area contributed by atoms with E-state index >= 15 is 0 Å². The fraction of sp³-hybridized carbons (Fsp3) is 0.100. The van der Waals surface area contributed by atoms with E-state index in [9.17, 15) is 14.9 Å². The van der Waals surface area contributed by atoms with E-state index in [1.807, 2.05) is 0 Å². The van der Waals surface area contributed by atoms with E-state index < -0.39 is 10.8 Å². The number of ether oxygens (including phenoxy) is 1.